The van der Waals surface area contributed by atoms with Crippen molar-refractivity contribution < 1.29 is 14.4 Å². The smallest absolute Gasteiger partial charge is 0.323 e. The summed E-state index contributed by atoms with van der Waals surface area (Å²) in [5, 5.41) is 2.48. The van der Waals surface area contributed by atoms with Crippen LogP contribution in [0.25, 0.3) is 0 Å². The third-order valence-corrected chi connectivity index (χ3v) is 3.15. The van der Waals surface area contributed by atoms with Crippen molar-refractivity contribution in [2.75, 3.05) is 7.05 Å². The molecule has 0 aliphatic heterocycles. The lowest BCUT2D eigenvalue weighted by Crippen LogP contribution is -2.43. The third kappa shape index (κ3) is 3.58. The highest BCUT2D eigenvalue weighted by Gasteiger charge is 2.22. The van der Waals surface area contributed by atoms with Crippen LogP contribution in [0, 0.1) is 0 Å². The molecule has 1 radical (unpaired) electrons. The molecule has 2 rings (SSSR count). The molecule has 111 valence electrons. The van der Waals surface area contributed by atoms with Crippen LogP contribution in [0.2, 0.25) is 0 Å². The first kappa shape index (κ1) is 15.4. The fourth-order valence-electron chi connectivity index (χ4n) is 1.91. The average Bonchev–Trinajstić information content (AvgIpc) is 2.59. The summed E-state index contributed by atoms with van der Waals surface area (Å²) in [5.74, 6) is -0.448. The van der Waals surface area contributed by atoms with Gasteiger partial charge in [-0.05, 0) is 17.7 Å². The SMILES string of the molecule is CN(C(=O)NC([C]=O)c1ccccc1)C(=O)c1ccccc1. The number of imide groups is 1. The predicted molar refractivity (Wildman–Crippen MR) is 81.9 cm³/mol. The molecule has 2 aromatic rings. The van der Waals surface area contributed by atoms with Gasteiger partial charge in [-0.2, -0.15) is 0 Å². The van der Waals surface area contributed by atoms with Crippen molar-refractivity contribution in [3.8, 4) is 0 Å². The molecule has 0 saturated carbocycles. The van der Waals surface area contributed by atoms with Crippen molar-refractivity contribution in [3.05, 3.63) is 71.8 Å². The second kappa shape index (κ2) is 7.17. The standard InChI is InChI=1S/C17H15N2O3/c1-19(16(21)14-10-6-3-7-11-14)17(22)18-15(12-20)13-8-4-2-5-9-13/h2-11,15H,1H3,(H,18,22). The first-order valence-electron chi connectivity index (χ1n) is 6.69. The molecule has 5 nitrogen and oxygen atoms in total. The summed E-state index contributed by atoms with van der Waals surface area (Å²) in [4.78, 5) is 36.3. The van der Waals surface area contributed by atoms with Gasteiger partial charge < -0.3 is 5.32 Å². The van der Waals surface area contributed by atoms with Crippen LogP contribution >= 0.6 is 0 Å². The average molecular weight is 295 g/mol. The van der Waals surface area contributed by atoms with Crippen LogP contribution in [0.15, 0.2) is 60.7 Å². The molecule has 0 saturated heterocycles. The first-order valence-corrected chi connectivity index (χ1v) is 6.69. The van der Waals surface area contributed by atoms with Crippen molar-refractivity contribution in [1.82, 2.24) is 10.2 Å². The number of urea groups is 1. The van der Waals surface area contributed by atoms with E-state index >= 15 is 0 Å². The number of hydrogen-bond acceptors (Lipinski definition) is 3. The van der Waals surface area contributed by atoms with Crippen molar-refractivity contribution in [1.29, 1.82) is 0 Å². The molecule has 3 amide bonds. The summed E-state index contributed by atoms with van der Waals surface area (Å²) in [6.45, 7) is 0. The molecular formula is C17H15N2O3. The van der Waals surface area contributed by atoms with Crippen LogP contribution in [0.1, 0.15) is 22.0 Å². The lowest BCUT2D eigenvalue weighted by molar-refractivity contribution is 0.0830. The van der Waals surface area contributed by atoms with E-state index in [9.17, 15) is 14.4 Å². The van der Waals surface area contributed by atoms with E-state index in [1.807, 2.05) is 0 Å². The molecule has 0 spiro atoms. The van der Waals surface area contributed by atoms with Crippen molar-refractivity contribution in [2.24, 2.45) is 0 Å². The number of carbonyl (C=O) groups is 2. The Balaban J connectivity index is 2.07. The fourth-order valence-corrected chi connectivity index (χ4v) is 1.91. The van der Waals surface area contributed by atoms with Crippen LogP contribution < -0.4 is 5.32 Å². The quantitative estimate of drug-likeness (QED) is 0.941. The highest BCUT2D eigenvalue weighted by molar-refractivity contribution is 6.04. The van der Waals surface area contributed by atoms with Crippen LogP contribution in [-0.2, 0) is 4.79 Å². The van der Waals surface area contributed by atoms with Crippen molar-refractivity contribution in [2.45, 2.75) is 6.04 Å². The Morgan fingerprint density at radius 3 is 2.09 bits per heavy atom. The largest absolute Gasteiger partial charge is 0.324 e. The van der Waals surface area contributed by atoms with Crippen molar-refractivity contribution >= 4 is 18.2 Å². The third-order valence-electron chi connectivity index (χ3n) is 3.15. The van der Waals surface area contributed by atoms with Crippen molar-refractivity contribution in [3.63, 3.8) is 0 Å². The summed E-state index contributed by atoms with van der Waals surface area (Å²) < 4.78 is 0. The molecule has 0 heterocycles. The van der Waals surface area contributed by atoms with E-state index < -0.39 is 18.0 Å². The molecule has 1 N–H and O–H groups in total. The zero-order valence-corrected chi connectivity index (χ0v) is 12.0. The van der Waals surface area contributed by atoms with Gasteiger partial charge >= 0.3 is 6.03 Å². The Labute approximate surface area is 128 Å². The molecule has 0 aliphatic carbocycles. The summed E-state index contributed by atoms with van der Waals surface area (Å²) in [6, 6.07) is 15.6. The molecule has 1 atom stereocenters. The lowest BCUT2D eigenvalue weighted by Gasteiger charge is -2.19. The van der Waals surface area contributed by atoms with E-state index in [-0.39, 0.29) is 0 Å². The summed E-state index contributed by atoms with van der Waals surface area (Å²) in [5.41, 5.74) is 0.998. The Kier molecular flexibility index (Phi) is 5.03. The van der Waals surface area contributed by atoms with Gasteiger partial charge in [0.2, 0.25) is 6.29 Å². The Morgan fingerprint density at radius 1 is 1.00 bits per heavy atom. The molecular weight excluding hydrogens is 280 g/mol. The molecule has 0 aliphatic rings. The number of benzene rings is 2. The van der Waals surface area contributed by atoms with Gasteiger partial charge in [-0.1, -0.05) is 48.5 Å². The van der Waals surface area contributed by atoms with E-state index in [2.05, 4.69) is 5.32 Å². The van der Waals surface area contributed by atoms with Crippen LogP contribution in [0.5, 0.6) is 0 Å². The van der Waals surface area contributed by atoms with Gasteiger partial charge in [0.05, 0.1) is 0 Å². The van der Waals surface area contributed by atoms with E-state index in [1.165, 1.54) is 7.05 Å². The molecule has 5 heteroatoms. The fraction of sp³-hybridized carbons (Fsp3) is 0.118. The van der Waals surface area contributed by atoms with Crippen LogP contribution in [-0.4, -0.2) is 30.2 Å². The minimum atomic E-state index is -0.917. The maximum atomic E-state index is 12.2. The maximum absolute atomic E-state index is 12.2. The normalized spacial score (nSPS) is 11.3. The Bertz CT molecular complexity index is 656. The van der Waals surface area contributed by atoms with Gasteiger partial charge in [-0.3, -0.25) is 14.5 Å². The van der Waals surface area contributed by atoms with Crippen LogP contribution in [0.3, 0.4) is 0 Å². The summed E-state index contributed by atoms with van der Waals surface area (Å²) >= 11 is 0. The topological polar surface area (TPSA) is 66.5 Å². The van der Waals surface area contributed by atoms with E-state index in [4.69, 9.17) is 0 Å². The van der Waals surface area contributed by atoms with E-state index in [1.54, 1.807) is 66.9 Å². The monoisotopic (exact) mass is 295 g/mol. The number of rotatable bonds is 4. The van der Waals surface area contributed by atoms with Gasteiger partial charge in [0.1, 0.15) is 6.04 Å². The van der Waals surface area contributed by atoms with Gasteiger partial charge in [0.25, 0.3) is 5.91 Å². The number of nitrogens with zero attached hydrogens (tertiary/aromatic N) is 1. The Hall–Kier alpha value is -2.95. The highest BCUT2D eigenvalue weighted by Crippen LogP contribution is 2.11. The zero-order chi connectivity index (χ0) is 15.9. The van der Waals surface area contributed by atoms with Gasteiger partial charge in [-0.25, -0.2) is 4.79 Å². The first-order chi connectivity index (χ1) is 10.6. The van der Waals surface area contributed by atoms with E-state index in [0.717, 1.165) is 4.90 Å². The van der Waals surface area contributed by atoms with E-state index in [0.29, 0.717) is 11.1 Å². The molecule has 0 aromatic heterocycles. The Morgan fingerprint density at radius 2 is 1.55 bits per heavy atom. The summed E-state index contributed by atoms with van der Waals surface area (Å²) in [6.07, 6.45) is 1.76. The zero-order valence-electron chi connectivity index (χ0n) is 12.0. The lowest BCUT2D eigenvalue weighted by atomic mass is 10.1. The molecule has 22 heavy (non-hydrogen) atoms. The minimum absolute atomic E-state index is 0.395. The molecule has 0 fully saturated rings. The van der Waals surface area contributed by atoms with Crippen LogP contribution in [0.4, 0.5) is 4.79 Å². The molecule has 1 unspecified atom stereocenters. The maximum Gasteiger partial charge on any atom is 0.324 e. The summed E-state index contributed by atoms with van der Waals surface area (Å²) in [7, 11) is 1.36. The predicted octanol–water partition coefficient (Wildman–Crippen LogP) is 2.32. The highest BCUT2D eigenvalue weighted by atomic mass is 16.2. The van der Waals surface area contributed by atoms with Gasteiger partial charge in [0, 0.05) is 12.6 Å². The number of nitrogens with one attached hydrogen (secondary N) is 1. The molecule has 0 bridgehead atoms. The second-order valence-corrected chi connectivity index (χ2v) is 4.64. The molecule has 2 aromatic carbocycles. The van der Waals surface area contributed by atoms with Gasteiger partial charge in [-0.15, -0.1) is 0 Å². The number of amides is 3. The minimum Gasteiger partial charge on any atom is -0.323 e. The number of carbonyl (C=O) groups excluding carboxylic acids is 3. The van der Waals surface area contributed by atoms with Gasteiger partial charge in [0.15, 0.2) is 0 Å². The second-order valence-electron chi connectivity index (χ2n) is 4.64. The number of hydrogen-bond donors (Lipinski definition) is 1.